The quantitative estimate of drug-likeness (QED) is 0.787. The van der Waals surface area contributed by atoms with Gasteiger partial charge in [0.25, 0.3) is 5.91 Å². The summed E-state index contributed by atoms with van der Waals surface area (Å²) in [5.41, 5.74) is 1.75. The fourth-order valence-corrected chi connectivity index (χ4v) is 3.28. The van der Waals surface area contributed by atoms with Crippen LogP contribution in [0.5, 0.6) is 5.75 Å². The zero-order valence-corrected chi connectivity index (χ0v) is 15.5. The maximum atomic E-state index is 12.3. The van der Waals surface area contributed by atoms with Gasteiger partial charge < -0.3 is 15.0 Å². The van der Waals surface area contributed by atoms with Gasteiger partial charge in [-0.1, -0.05) is 37.3 Å². The first kappa shape index (κ1) is 18.5. The van der Waals surface area contributed by atoms with Crippen molar-refractivity contribution in [2.24, 2.45) is 5.92 Å². The van der Waals surface area contributed by atoms with Crippen molar-refractivity contribution in [3.8, 4) is 5.75 Å². The Balaban J connectivity index is 1.42. The SMILES string of the molecule is CC(CNC(=O)c1ccc(COc2ccccc2)cc1)CN1CCCC1. The van der Waals surface area contributed by atoms with Crippen LogP contribution < -0.4 is 10.1 Å². The lowest BCUT2D eigenvalue weighted by atomic mass is 10.1. The molecule has 0 bridgehead atoms. The van der Waals surface area contributed by atoms with E-state index in [0.717, 1.165) is 17.9 Å². The summed E-state index contributed by atoms with van der Waals surface area (Å²) in [6.07, 6.45) is 2.61. The molecule has 1 saturated heterocycles. The maximum absolute atomic E-state index is 12.3. The van der Waals surface area contributed by atoms with Crippen molar-refractivity contribution < 1.29 is 9.53 Å². The fourth-order valence-electron chi connectivity index (χ4n) is 3.28. The van der Waals surface area contributed by atoms with Crippen LogP contribution in [-0.4, -0.2) is 37.0 Å². The van der Waals surface area contributed by atoms with Crippen molar-refractivity contribution in [2.45, 2.75) is 26.4 Å². The molecule has 0 aromatic heterocycles. The van der Waals surface area contributed by atoms with Crippen LogP contribution in [0.15, 0.2) is 54.6 Å². The van der Waals surface area contributed by atoms with E-state index in [2.05, 4.69) is 17.1 Å². The fraction of sp³-hybridized carbons (Fsp3) is 0.409. The molecule has 4 nitrogen and oxygen atoms in total. The monoisotopic (exact) mass is 352 g/mol. The minimum Gasteiger partial charge on any atom is -0.489 e. The Morgan fingerprint density at radius 2 is 1.77 bits per heavy atom. The Morgan fingerprint density at radius 1 is 1.08 bits per heavy atom. The number of benzene rings is 2. The second-order valence-electron chi connectivity index (χ2n) is 7.12. The van der Waals surface area contributed by atoms with Crippen LogP contribution in [0.25, 0.3) is 0 Å². The van der Waals surface area contributed by atoms with Gasteiger partial charge in [0.05, 0.1) is 0 Å². The number of likely N-dealkylation sites (tertiary alicyclic amines) is 1. The number of para-hydroxylation sites is 1. The Hall–Kier alpha value is -2.33. The van der Waals surface area contributed by atoms with E-state index in [1.807, 2.05) is 54.6 Å². The van der Waals surface area contributed by atoms with Crippen molar-refractivity contribution in [2.75, 3.05) is 26.2 Å². The number of carbonyl (C=O) groups excluding carboxylic acids is 1. The number of amides is 1. The average molecular weight is 352 g/mol. The van der Waals surface area contributed by atoms with Gasteiger partial charge in [-0.25, -0.2) is 0 Å². The Labute approximate surface area is 156 Å². The topological polar surface area (TPSA) is 41.6 Å². The highest BCUT2D eigenvalue weighted by molar-refractivity contribution is 5.94. The molecule has 0 spiro atoms. The molecule has 1 aliphatic rings. The molecule has 1 amide bonds. The number of ether oxygens (including phenoxy) is 1. The highest BCUT2D eigenvalue weighted by atomic mass is 16.5. The highest BCUT2D eigenvalue weighted by Crippen LogP contribution is 2.13. The second kappa shape index (κ2) is 9.39. The number of hydrogen-bond donors (Lipinski definition) is 1. The molecule has 0 saturated carbocycles. The number of nitrogens with zero attached hydrogens (tertiary/aromatic N) is 1. The molecule has 1 heterocycles. The van der Waals surface area contributed by atoms with Gasteiger partial charge in [0.1, 0.15) is 12.4 Å². The molecule has 1 atom stereocenters. The van der Waals surface area contributed by atoms with E-state index in [1.54, 1.807) is 0 Å². The second-order valence-corrected chi connectivity index (χ2v) is 7.12. The van der Waals surface area contributed by atoms with Crippen molar-refractivity contribution in [3.05, 3.63) is 65.7 Å². The van der Waals surface area contributed by atoms with Crippen LogP contribution in [0.1, 0.15) is 35.7 Å². The summed E-state index contributed by atoms with van der Waals surface area (Å²) in [5.74, 6) is 1.31. The molecule has 138 valence electrons. The summed E-state index contributed by atoms with van der Waals surface area (Å²) < 4.78 is 5.73. The molecule has 0 radical (unpaired) electrons. The lowest BCUT2D eigenvalue weighted by Gasteiger charge is -2.20. The molecule has 26 heavy (non-hydrogen) atoms. The molecular weight excluding hydrogens is 324 g/mol. The zero-order valence-electron chi connectivity index (χ0n) is 15.5. The molecule has 1 fully saturated rings. The van der Waals surface area contributed by atoms with Crippen LogP contribution in [0.3, 0.4) is 0 Å². The number of hydrogen-bond acceptors (Lipinski definition) is 3. The molecule has 4 heteroatoms. The normalized spacial score (nSPS) is 15.6. The Kier molecular flexibility index (Phi) is 6.67. The van der Waals surface area contributed by atoms with Crippen molar-refractivity contribution in [3.63, 3.8) is 0 Å². The van der Waals surface area contributed by atoms with E-state index in [9.17, 15) is 4.79 Å². The average Bonchev–Trinajstić information content (AvgIpc) is 3.18. The first-order valence-electron chi connectivity index (χ1n) is 9.48. The lowest BCUT2D eigenvalue weighted by Crippen LogP contribution is -2.34. The highest BCUT2D eigenvalue weighted by Gasteiger charge is 2.15. The van der Waals surface area contributed by atoms with E-state index < -0.39 is 0 Å². The lowest BCUT2D eigenvalue weighted by molar-refractivity contribution is 0.0945. The summed E-state index contributed by atoms with van der Waals surface area (Å²) in [6, 6.07) is 17.4. The third-order valence-corrected chi connectivity index (χ3v) is 4.74. The first-order valence-corrected chi connectivity index (χ1v) is 9.48. The molecule has 1 unspecified atom stereocenters. The van der Waals surface area contributed by atoms with E-state index >= 15 is 0 Å². The van der Waals surface area contributed by atoms with Gasteiger partial charge in [0.15, 0.2) is 0 Å². The molecule has 2 aromatic rings. The van der Waals surface area contributed by atoms with Gasteiger partial charge in [-0.15, -0.1) is 0 Å². The molecule has 0 aliphatic carbocycles. The maximum Gasteiger partial charge on any atom is 0.251 e. The first-order chi connectivity index (χ1) is 12.7. The minimum atomic E-state index is -0.00574. The number of rotatable bonds is 8. The summed E-state index contributed by atoms with van der Waals surface area (Å²) in [4.78, 5) is 14.8. The summed E-state index contributed by atoms with van der Waals surface area (Å²) in [5, 5.41) is 3.05. The number of nitrogens with one attached hydrogen (secondary N) is 1. The molecular formula is C22H28N2O2. The van der Waals surface area contributed by atoms with Gasteiger partial charge >= 0.3 is 0 Å². The summed E-state index contributed by atoms with van der Waals surface area (Å²) in [6.45, 7) is 6.88. The van der Waals surface area contributed by atoms with Gasteiger partial charge in [-0.3, -0.25) is 4.79 Å². The van der Waals surface area contributed by atoms with Crippen molar-refractivity contribution >= 4 is 5.91 Å². The smallest absolute Gasteiger partial charge is 0.251 e. The third-order valence-electron chi connectivity index (χ3n) is 4.74. The van der Waals surface area contributed by atoms with Crippen LogP contribution in [-0.2, 0) is 6.61 Å². The summed E-state index contributed by atoms with van der Waals surface area (Å²) in [7, 11) is 0. The summed E-state index contributed by atoms with van der Waals surface area (Å²) >= 11 is 0. The molecule has 2 aromatic carbocycles. The van der Waals surface area contributed by atoms with Gasteiger partial charge in [0, 0.05) is 18.7 Å². The van der Waals surface area contributed by atoms with E-state index in [4.69, 9.17) is 4.74 Å². The van der Waals surface area contributed by atoms with Gasteiger partial charge in [0.2, 0.25) is 0 Å². The number of carbonyl (C=O) groups is 1. The minimum absolute atomic E-state index is 0.00574. The van der Waals surface area contributed by atoms with Crippen LogP contribution in [0, 0.1) is 5.92 Å². The van der Waals surface area contributed by atoms with Crippen LogP contribution >= 0.6 is 0 Å². The van der Waals surface area contributed by atoms with E-state index in [0.29, 0.717) is 24.6 Å². The van der Waals surface area contributed by atoms with Crippen LogP contribution in [0.2, 0.25) is 0 Å². The Morgan fingerprint density at radius 3 is 2.46 bits per heavy atom. The Bertz CT molecular complexity index is 679. The van der Waals surface area contributed by atoms with Crippen molar-refractivity contribution in [1.29, 1.82) is 0 Å². The van der Waals surface area contributed by atoms with Crippen LogP contribution in [0.4, 0.5) is 0 Å². The zero-order chi connectivity index (χ0) is 18.2. The van der Waals surface area contributed by atoms with Gasteiger partial charge in [-0.05, 0) is 61.7 Å². The van der Waals surface area contributed by atoms with Gasteiger partial charge in [-0.2, -0.15) is 0 Å². The molecule has 1 aliphatic heterocycles. The van der Waals surface area contributed by atoms with E-state index in [1.165, 1.54) is 25.9 Å². The van der Waals surface area contributed by atoms with Crippen molar-refractivity contribution in [1.82, 2.24) is 10.2 Å². The largest absolute Gasteiger partial charge is 0.489 e. The third kappa shape index (κ3) is 5.60. The van der Waals surface area contributed by atoms with E-state index in [-0.39, 0.29) is 5.91 Å². The molecule has 1 N–H and O–H groups in total. The standard InChI is InChI=1S/C22H28N2O2/c1-18(16-24-13-5-6-14-24)15-23-22(25)20-11-9-19(10-12-20)17-26-21-7-3-2-4-8-21/h2-4,7-12,18H,5-6,13-17H2,1H3,(H,23,25). The predicted molar refractivity (Wildman–Crippen MR) is 104 cm³/mol. The molecule has 3 rings (SSSR count). The predicted octanol–water partition coefficient (Wildman–Crippen LogP) is 3.73.